The Kier molecular flexibility index (Phi) is 4.33. The number of nitrogens with zero attached hydrogens (tertiary/aromatic N) is 3. The molecular formula is C18H16F3N3O3. The number of fused-ring (bicyclic) bond motifs is 1. The van der Waals surface area contributed by atoms with Crippen molar-refractivity contribution in [3.63, 3.8) is 0 Å². The molecule has 9 heteroatoms. The zero-order valence-electron chi connectivity index (χ0n) is 14.4. The number of alkyl halides is 3. The van der Waals surface area contributed by atoms with Crippen LogP contribution < -0.4 is 0 Å². The van der Waals surface area contributed by atoms with Crippen LogP contribution in [0.5, 0.6) is 5.75 Å². The minimum Gasteiger partial charge on any atom is -0.504 e. The predicted molar refractivity (Wildman–Crippen MR) is 91.0 cm³/mol. The summed E-state index contributed by atoms with van der Waals surface area (Å²) < 4.78 is 38.4. The highest BCUT2D eigenvalue weighted by Gasteiger charge is 2.38. The van der Waals surface area contributed by atoms with Crippen molar-refractivity contribution < 1.29 is 28.2 Å². The molecule has 0 bridgehead atoms. The first-order valence-electron chi connectivity index (χ1n) is 7.95. The van der Waals surface area contributed by atoms with Crippen LogP contribution in [0.15, 0.2) is 35.3 Å². The van der Waals surface area contributed by atoms with Crippen LogP contribution in [-0.2, 0) is 18.3 Å². The van der Waals surface area contributed by atoms with Crippen molar-refractivity contribution in [3.8, 4) is 5.75 Å². The average Bonchev–Trinajstić information content (AvgIpc) is 2.83. The van der Waals surface area contributed by atoms with Crippen LogP contribution in [-0.4, -0.2) is 32.4 Å². The van der Waals surface area contributed by atoms with Gasteiger partial charge in [0.15, 0.2) is 11.6 Å². The van der Waals surface area contributed by atoms with Gasteiger partial charge in [0.25, 0.3) is 0 Å². The summed E-state index contributed by atoms with van der Waals surface area (Å²) in [4.78, 5) is 20.4. The van der Waals surface area contributed by atoms with E-state index in [2.05, 4.69) is 9.98 Å². The highest BCUT2D eigenvalue weighted by atomic mass is 19.4. The number of carboxylic acids is 1. The second kappa shape index (κ2) is 6.26. The van der Waals surface area contributed by atoms with Crippen LogP contribution in [0.3, 0.4) is 0 Å². The molecular weight excluding hydrogens is 363 g/mol. The normalized spacial score (nSPS) is 16.0. The van der Waals surface area contributed by atoms with Gasteiger partial charge >= 0.3 is 12.1 Å². The second-order valence-electron chi connectivity index (χ2n) is 6.61. The topological polar surface area (TPSA) is 86.0 Å². The summed E-state index contributed by atoms with van der Waals surface area (Å²) in [5.41, 5.74) is -0.236. The Balaban J connectivity index is 1.96. The molecule has 2 N–H and O–H groups in total. The maximum atomic E-state index is 12.8. The summed E-state index contributed by atoms with van der Waals surface area (Å²) in [7, 11) is 0. The first kappa shape index (κ1) is 18.7. The number of halogens is 3. The SMILES string of the molecule is CC1(C)c2cccc(C(=O)O)c2CN1/C=N/c1nc(C(F)(F)F)ccc1O. The van der Waals surface area contributed by atoms with E-state index in [1.165, 1.54) is 12.4 Å². The molecule has 2 aromatic rings. The van der Waals surface area contributed by atoms with E-state index in [9.17, 15) is 28.2 Å². The van der Waals surface area contributed by atoms with Crippen LogP contribution in [0.1, 0.15) is 41.0 Å². The fourth-order valence-corrected chi connectivity index (χ4v) is 3.06. The molecule has 0 fully saturated rings. The largest absolute Gasteiger partial charge is 0.504 e. The fourth-order valence-electron chi connectivity index (χ4n) is 3.06. The standard InChI is InChI=1S/C18H16F3N3O3/c1-17(2)12-5-3-4-10(16(26)27)11(12)8-24(17)9-22-15-13(25)6-7-14(23-15)18(19,20)21/h3-7,9,25H,8H2,1-2H3,(H,26,27)/b22-9+. The molecule has 0 atom stereocenters. The Morgan fingerprint density at radius 2 is 2.00 bits per heavy atom. The Bertz CT molecular complexity index is 939. The van der Waals surface area contributed by atoms with Gasteiger partial charge in [-0.25, -0.2) is 14.8 Å². The maximum absolute atomic E-state index is 12.8. The third-order valence-electron chi connectivity index (χ3n) is 4.58. The molecule has 6 nitrogen and oxygen atoms in total. The first-order valence-corrected chi connectivity index (χ1v) is 7.95. The van der Waals surface area contributed by atoms with Crippen molar-refractivity contribution in [3.05, 3.63) is 52.7 Å². The molecule has 1 aliphatic rings. The summed E-state index contributed by atoms with van der Waals surface area (Å²) in [6.07, 6.45) is -3.38. The summed E-state index contributed by atoms with van der Waals surface area (Å²) >= 11 is 0. The molecule has 27 heavy (non-hydrogen) atoms. The summed E-state index contributed by atoms with van der Waals surface area (Å²) in [6.45, 7) is 3.90. The van der Waals surface area contributed by atoms with Gasteiger partial charge in [0, 0.05) is 6.54 Å². The van der Waals surface area contributed by atoms with E-state index in [1.54, 1.807) is 17.0 Å². The van der Waals surface area contributed by atoms with E-state index >= 15 is 0 Å². The van der Waals surface area contributed by atoms with Gasteiger partial charge in [0.1, 0.15) is 5.69 Å². The maximum Gasteiger partial charge on any atom is 0.433 e. The Hall–Kier alpha value is -3.10. The van der Waals surface area contributed by atoms with Crippen molar-refractivity contribution in [1.82, 2.24) is 9.88 Å². The molecule has 2 heterocycles. The lowest BCUT2D eigenvalue weighted by molar-refractivity contribution is -0.141. The number of aliphatic imine (C=N–C) groups is 1. The van der Waals surface area contributed by atoms with Gasteiger partial charge in [0.2, 0.25) is 0 Å². The molecule has 1 aromatic carbocycles. The lowest BCUT2D eigenvalue weighted by atomic mass is 9.92. The van der Waals surface area contributed by atoms with Crippen LogP contribution in [0, 0.1) is 0 Å². The lowest BCUT2D eigenvalue weighted by Crippen LogP contribution is -2.34. The summed E-state index contributed by atoms with van der Waals surface area (Å²) in [5, 5.41) is 19.1. The Labute approximate surface area is 152 Å². The first-order chi connectivity index (χ1) is 12.5. The number of aromatic carboxylic acids is 1. The van der Waals surface area contributed by atoms with E-state index in [4.69, 9.17) is 0 Å². The monoisotopic (exact) mass is 379 g/mol. The highest BCUT2D eigenvalue weighted by molar-refractivity contribution is 5.90. The third-order valence-corrected chi connectivity index (χ3v) is 4.58. The average molecular weight is 379 g/mol. The Morgan fingerprint density at radius 1 is 1.30 bits per heavy atom. The van der Waals surface area contributed by atoms with E-state index in [1.807, 2.05) is 13.8 Å². The molecule has 0 aliphatic carbocycles. The van der Waals surface area contributed by atoms with Crippen LogP contribution >= 0.6 is 0 Å². The molecule has 0 spiro atoms. The zero-order chi connectivity index (χ0) is 20.0. The minimum absolute atomic E-state index is 0.163. The number of hydrogen-bond donors (Lipinski definition) is 2. The fraction of sp³-hybridized carbons (Fsp3) is 0.278. The van der Waals surface area contributed by atoms with Crippen molar-refractivity contribution in [2.24, 2.45) is 4.99 Å². The quantitative estimate of drug-likeness (QED) is 0.624. The van der Waals surface area contributed by atoms with Gasteiger partial charge < -0.3 is 15.1 Å². The van der Waals surface area contributed by atoms with Crippen LogP contribution in [0.2, 0.25) is 0 Å². The van der Waals surface area contributed by atoms with E-state index in [-0.39, 0.29) is 12.1 Å². The molecule has 0 amide bonds. The number of hydrogen-bond acceptors (Lipinski definition) is 4. The number of carbonyl (C=O) groups is 1. The predicted octanol–water partition coefficient (Wildman–Crippen LogP) is 3.91. The van der Waals surface area contributed by atoms with Gasteiger partial charge in [-0.05, 0) is 43.2 Å². The van der Waals surface area contributed by atoms with Gasteiger partial charge in [0.05, 0.1) is 17.4 Å². The molecule has 3 rings (SSSR count). The smallest absolute Gasteiger partial charge is 0.433 e. The van der Waals surface area contributed by atoms with Gasteiger partial charge in [-0.2, -0.15) is 13.2 Å². The second-order valence-corrected chi connectivity index (χ2v) is 6.61. The molecule has 0 radical (unpaired) electrons. The number of aromatic hydroxyl groups is 1. The molecule has 0 saturated heterocycles. The Morgan fingerprint density at radius 3 is 2.63 bits per heavy atom. The van der Waals surface area contributed by atoms with E-state index in [0.29, 0.717) is 11.6 Å². The van der Waals surface area contributed by atoms with Crippen LogP contribution in [0.25, 0.3) is 0 Å². The van der Waals surface area contributed by atoms with E-state index < -0.39 is 34.9 Å². The summed E-state index contributed by atoms with van der Waals surface area (Å²) in [5.74, 6) is -2.01. The molecule has 0 saturated carbocycles. The number of benzene rings is 1. The molecule has 142 valence electrons. The number of pyridine rings is 1. The van der Waals surface area contributed by atoms with Crippen molar-refractivity contribution in [2.75, 3.05) is 0 Å². The molecule has 1 aromatic heterocycles. The zero-order valence-corrected chi connectivity index (χ0v) is 14.4. The lowest BCUT2D eigenvalue weighted by Gasteiger charge is -2.30. The number of carboxylic acid groups (broad SMARTS) is 1. The molecule has 1 aliphatic heterocycles. The van der Waals surface area contributed by atoms with Crippen molar-refractivity contribution in [1.29, 1.82) is 0 Å². The third kappa shape index (κ3) is 3.32. The van der Waals surface area contributed by atoms with Gasteiger partial charge in [-0.3, -0.25) is 0 Å². The van der Waals surface area contributed by atoms with Crippen molar-refractivity contribution in [2.45, 2.75) is 32.1 Å². The molecule has 0 unspecified atom stereocenters. The number of rotatable bonds is 3. The highest BCUT2D eigenvalue weighted by Crippen LogP contribution is 2.40. The minimum atomic E-state index is -4.66. The van der Waals surface area contributed by atoms with E-state index in [0.717, 1.165) is 11.6 Å². The van der Waals surface area contributed by atoms with Crippen LogP contribution in [0.4, 0.5) is 19.0 Å². The summed E-state index contributed by atoms with van der Waals surface area (Å²) in [6, 6.07) is 6.50. The number of aromatic nitrogens is 1. The van der Waals surface area contributed by atoms with Crippen molar-refractivity contribution >= 4 is 18.1 Å². The van der Waals surface area contributed by atoms with Gasteiger partial charge in [-0.15, -0.1) is 0 Å². The van der Waals surface area contributed by atoms with Gasteiger partial charge in [-0.1, -0.05) is 12.1 Å².